The third kappa shape index (κ3) is 4.03. The van der Waals surface area contributed by atoms with E-state index in [2.05, 4.69) is 41.0 Å². The Kier molecular flexibility index (Phi) is 5.62. The summed E-state index contributed by atoms with van der Waals surface area (Å²) >= 11 is 0. The molecule has 1 atom stereocenters. The van der Waals surface area contributed by atoms with Crippen molar-refractivity contribution in [1.29, 1.82) is 0 Å². The van der Waals surface area contributed by atoms with Crippen molar-refractivity contribution >= 4 is 0 Å². The molecule has 137 valence electrons. The fourth-order valence-electron chi connectivity index (χ4n) is 4.58. The second-order valence-corrected chi connectivity index (χ2v) is 8.09. The maximum Gasteiger partial charge on any atom is 0.124 e. The molecule has 4 rings (SSSR count). The topological polar surface area (TPSA) is 15.7 Å². The molecule has 2 saturated heterocycles. The van der Waals surface area contributed by atoms with Crippen LogP contribution in [-0.4, -0.2) is 48.1 Å². The van der Waals surface area contributed by atoms with Crippen molar-refractivity contribution in [3.63, 3.8) is 0 Å². The van der Waals surface area contributed by atoms with Gasteiger partial charge in [-0.2, -0.15) is 0 Å². The Bertz CT molecular complexity index is 543. The maximum absolute atomic E-state index is 6.48. The van der Waals surface area contributed by atoms with Crippen molar-refractivity contribution in [3.8, 4) is 5.75 Å². The summed E-state index contributed by atoms with van der Waals surface area (Å²) < 4.78 is 6.48. The van der Waals surface area contributed by atoms with Crippen LogP contribution in [0.15, 0.2) is 24.3 Å². The van der Waals surface area contributed by atoms with Gasteiger partial charge in [-0.3, -0.25) is 4.90 Å². The zero-order valence-electron chi connectivity index (χ0n) is 15.5. The van der Waals surface area contributed by atoms with Crippen molar-refractivity contribution in [1.82, 2.24) is 9.80 Å². The average Bonchev–Trinajstić information content (AvgIpc) is 2.62. The number of nitrogens with zero attached hydrogens (tertiary/aromatic N) is 2. The summed E-state index contributed by atoms with van der Waals surface area (Å²) in [7, 11) is 0. The fraction of sp³-hybridized carbons (Fsp3) is 0.682. The highest BCUT2D eigenvalue weighted by Gasteiger charge is 2.30. The lowest BCUT2D eigenvalue weighted by molar-refractivity contribution is 0.0482. The van der Waals surface area contributed by atoms with Crippen LogP contribution in [0.2, 0.25) is 0 Å². The molecular weight excluding hydrogens is 308 g/mol. The zero-order valence-corrected chi connectivity index (χ0v) is 15.5. The van der Waals surface area contributed by atoms with Gasteiger partial charge in [0.05, 0.1) is 0 Å². The van der Waals surface area contributed by atoms with Crippen LogP contribution in [0.1, 0.15) is 63.0 Å². The monoisotopic (exact) mass is 341 g/mol. The first-order chi connectivity index (χ1) is 12.3. The molecule has 2 heterocycles. The highest BCUT2D eigenvalue weighted by molar-refractivity contribution is 5.37. The van der Waals surface area contributed by atoms with E-state index in [0.717, 1.165) is 24.6 Å². The lowest BCUT2D eigenvalue weighted by Crippen LogP contribution is -2.46. The predicted octanol–water partition coefficient (Wildman–Crippen LogP) is 4.44. The number of hydrogen-bond donors (Lipinski definition) is 0. The van der Waals surface area contributed by atoms with Crippen LogP contribution < -0.4 is 4.74 Å². The number of ether oxygens (including phenoxy) is 1. The van der Waals surface area contributed by atoms with E-state index in [0.29, 0.717) is 6.10 Å². The van der Waals surface area contributed by atoms with E-state index in [1.54, 1.807) is 0 Å². The minimum absolute atomic E-state index is 0.214. The Morgan fingerprint density at radius 2 is 1.60 bits per heavy atom. The second-order valence-electron chi connectivity index (χ2n) is 8.09. The van der Waals surface area contributed by atoms with Crippen molar-refractivity contribution in [3.05, 3.63) is 36.8 Å². The molecule has 0 amide bonds. The van der Waals surface area contributed by atoms with Gasteiger partial charge in [0, 0.05) is 30.7 Å². The van der Waals surface area contributed by atoms with Crippen LogP contribution in [0.3, 0.4) is 0 Å². The van der Waals surface area contributed by atoms with E-state index in [-0.39, 0.29) is 6.04 Å². The van der Waals surface area contributed by atoms with Gasteiger partial charge in [0.1, 0.15) is 11.9 Å². The third-order valence-electron chi connectivity index (χ3n) is 6.47. The minimum atomic E-state index is 0.214. The molecule has 25 heavy (non-hydrogen) atoms. The Morgan fingerprint density at radius 3 is 2.28 bits per heavy atom. The molecule has 2 aliphatic heterocycles. The van der Waals surface area contributed by atoms with Gasteiger partial charge in [0.2, 0.25) is 0 Å². The minimum Gasteiger partial charge on any atom is -0.490 e. The fourth-order valence-corrected chi connectivity index (χ4v) is 4.58. The molecule has 0 bridgehead atoms. The second kappa shape index (κ2) is 8.09. The van der Waals surface area contributed by atoms with Gasteiger partial charge in [-0.15, -0.1) is 0 Å². The molecule has 0 aromatic heterocycles. The summed E-state index contributed by atoms with van der Waals surface area (Å²) in [4.78, 5) is 5.21. The zero-order chi connectivity index (χ0) is 17.1. The normalized spacial score (nSPS) is 25.5. The van der Waals surface area contributed by atoms with E-state index in [1.807, 2.05) is 0 Å². The van der Waals surface area contributed by atoms with Gasteiger partial charge in [-0.05, 0) is 64.6 Å². The SMILES string of the molecule is [CH2]C(c1ccccc1OC1CCN(C2CCC2)CC1)N1CCCCC1. The first-order valence-electron chi connectivity index (χ1n) is 10.4. The molecule has 3 nitrogen and oxygen atoms in total. The van der Waals surface area contributed by atoms with Crippen LogP contribution in [0.5, 0.6) is 5.75 Å². The quantitative estimate of drug-likeness (QED) is 0.787. The van der Waals surface area contributed by atoms with Crippen LogP contribution in [0.25, 0.3) is 0 Å². The molecule has 1 radical (unpaired) electrons. The molecule has 1 saturated carbocycles. The van der Waals surface area contributed by atoms with E-state index in [9.17, 15) is 0 Å². The van der Waals surface area contributed by atoms with Crippen LogP contribution in [-0.2, 0) is 0 Å². The van der Waals surface area contributed by atoms with Crippen molar-refractivity contribution < 1.29 is 4.74 Å². The molecule has 3 fully saturated rings. The molecule has 1 aromatic carbocycles. The van der Waals surface area contributed by atoms with E-state index in [4.69, 9.17) is 4.74 Å². The first-order valence-corrected chi connectivity index (χ1v) is 10.4. The van der Waals surface area contributed by atoms with Crippen LogP contribution in [0, 0.1) is 6.92 Å². The third-order valence-corrected chi connectivity index (χ3v) is 6.47. The van der Waals surface area contributed by atoms with Crippen molar-refractivity contribution in [2.24, 2.45) is 0 Å². The molecule has 1 unspecified atom stereocenters. The van der Waals surface area contributed by atoms with E-state index >= 15 is 0 Å². The standard InChI is InChI=1S/C22H33N2O/c1-18(23-14-5-2-6-15-23)21-10-3-4-11-22(21)25-20-12-16-24(17-13-20)19-8-7-9-19/h3-4,10-11,18-20H,1-2,5-9,12-17H2. The predicted molar refractivity (Wildman–Crippen MR) is 103 cm³/mol. The Balaban J connectivity index is 1.37. The number of rotatable bonds is 5. The molecule has 1 aliphatic carbocycles. The number of piperidine rings is 2. The summed E-state index contributed by atoms with van der Waals surface area (Å²) in [6, 6.07) is 9.68. The lowest BCUT2D eigenvalue weighted by atomic mass is 9.89. The van der Waals surface area contributed by atoms with Crippen molar-refractivity contribution in [2.45, 2.75) is 69.6 Å². The summed E-state index contributed by atoms with van der Waals surface area (Å²) in [5.74, 6) is 1.06. The highest BCUT2D eigenvalue weighted by Crippen LogP contribution is 2.33. The van der Waals surface area contributed by atoms with Gasteiger partial charge in [0.25, 0.3) is 0 Å². The molecule has 3 aliphatic rings. The number of likely N-dealkylation sites (tertiary alicyclic amines) is 2. The van der Waals surface area contributed by atoms with Gasteiger partial charge in [-0.1, -0.05) is 31.0 Å². The Morgan fingerprint density at radius 1 is 0.880 bits per heavy atom. The van der Waals surface area contributed by atoms with Crippen LogP contribution in [0.4, 0.5) is 0 Å². The largest absolute Gasteiger partial charge is 0.490 e. The molecular formula is C22H33N2O. The molecule has 1 aromatic rings. The van der Waals surface area contributed by atoms with Gasteiger partial charge >= 0.3 is 0 Å². The molecule has 3 heteroatoms. The highest BCUT2D eigenvalue weighted by atomic mass is 16.5. The van der Waals surface area contributed by atoms with Gasteiger partial charge < -0.3 is 9.64 Å². The van der Waals surface area contributed by atoms with E-state index in [1.165, 1.54) is 70.3 Å². The summed E-state index contributed by atoms with van der Waals surface area (Å²) in [6.45, 7) is 9.23. The lowest BCUT2D eigenvalue weighted by Gasteiger charge is -2.42. The van der Waals surface area contributed by atoms with Gasteiger partial charge in [0.15, 0.2) is 0 Å². The molecule has 0 N–H and O–H groups in total. The Labute approximate surface area is 153 Å². The van der Waals surface area contributed by atoms with Gasteiger partial charge in [-0.25, -0.2) is 0 Å². The maximum atomic E-state index is 6.48. The van der Waals surface area contributed by atoms with Crippen LogP contribution >= 0.6 is 0 Å². The van der Waals surface area contributed by atoms with Crippen molar-refractivity contribution in [2.75, 3.05) is 26.2 Å². The smallest absolute Gasteiger partial charge is 0.124 e. The number of para-hydroxylation sites is 1. The number of hydrogen-bond acceptors (Lipinski definition) is 3. The number of benzene rings is 1. The summed E-state index contributed by atoms with van der Waals surface area (Å²) in [6.07, 6.45) is 10.9. The Hall–Kier alpha value is -1.06. The molecule has 0 spiro atoms. The van der Waals surface area contributed by atoms with E-state index < -0.39 is 0 Å². The summed E-state index contributed by atoms with van der Waals surface area (Å²) in [5.41, 5.74) is 1.27. The summed E-state index contributed by atoms with van der Waals surface area (Å²) in [5, 5.41) is 0. The first kappa shape index (κ1) is 17.4. The average molecular weight is 342 g/mol.